The van der Waals surface area contributed by atoms with Gasteiger partial charge in [-0.15, -0.1) is 0 Å². The Balaban J connectivity index is 3.92. The van der Waals surface area contributed by atoms with Crippen LogP contribution in [0.5, 0.6) is 0 Å². The summed E-state index contributed by atoms with van der Waals surface area (Å²) in [5.74, 6) is 0. The first kappa shape index (κ1) is 8.94. The van der Waals surface area contributed by atoms with E-state index in [-0.39, 0.29) is 0 Å². The summed E-state index contributed by atoms with van der Waals surface area (Å²) >= 11 is 0. The Morgan fingerprint density at radius 3 is 1.90 bits per heavy atom. The number of hydrogen-bond donors (Lipinski definition) is 2. The zero-order valence-electron chi connectivity index (χ0n) is 6.18. The van der Waals surface area contributed by atoms with Crippen molar-refractivity contribution in [3.05, 3.63) is 0 Å². The van der Waals surface area contributed by atoms with Gasteiger partial charge >= 0.3 is 0 Å². The average molecular weight is 144 g/mol. The fourth-order valence-electron chi connectivity index (χ4n) is 0.506. The molecule has 4 nitrogen and oxygen atoms in total. The molecule has 0 spiro atoms. The molecule has 0 unspecified atom stereocenters. The predicted octanol–water partition coefficient (Wildman–Crippen LogP) is -0.395. The molecule has 10 heavy (non-hydrogen) atoms. The summed E-state index contributed by atoms with van der Waals surface area (Å²) in [6.07, 6.45) is 1.80. The maximum atomic E-state index is 9.99. The third-order valence-electron chi connectivity index (χ3n) is 1.46. The van der Waals surface area contributed by atoms with Gasteiger partial charge in [-0.05, 0) is 13.3 Å². The van der Waals surface area contributed by atoms with Gasteiger partial charge in [-0.2, -0.15) is 0 Å². The van der Waals surface area contributed by atoms with Gasteiger partial charge in [0.05, 0.1) is 0 Å². The summed E-state index contributed by atoms with van der Waals surface area (Å²) in [5.41, 5.74) is -0.594. The molecule has 0 aliphatic rings. The van der Waals surface area contributed by atoms with Crippen LogP contribution in [0.4, 0.5) is 0 Å². The van der Waals surface area contributed by atoms with Gasteiger partial charge in [0.25, 0.3) is 0 Å². The second kappa shape index (κ2) is 3.87. The summed E-state index contributed by atoms with van der Waals surface area (Å²) in [6.45, 7) is 3.60. The van der Waals surface area contributed by atoms with E-state index in [0.717, 1.165) is 0 Å². The van der Waals surface area contributed by atoms with Crippen LogP contribution in [-0.4, -0.2) is 18.5 Å². The number of amides is 2. The SMILES string of the molecule is CCC(C)(NC=O)NC=O. The number of carbonyl (C=O) groups excluding carboxylic acids is 2. The van der Waals surface area contributed by atoms with Crippen LogP contribution in [0.3, 0.4) is 0 Å². The Labute approximate surface area is 60.0 Å². The summed E-state index contributed by atoms with van der Waals surface area (Å²) in [4.78, 5) is 20.0. The molecule has 0 aromatic heterocycles. The lowest BCUT2D eigenvalue weighted by atomic mass is 10.1. The first-order valence-corrected chi connectivity index (χ1v) is 3.11. The molecule has 0 aromatic carbocycles. The van der Waals surface area contributed by atoms with Gasteiger partial charge < -0.3 is 10.6 Å². The quantitative estimate of drug-likeness (QED) is 0.407. The zero-order valence-corrected chi connectivity index (χ0v) is 6.18. The molecule has 4 heteroatoms. The van der Waals surface area contributed by atoms with Crippen LogP contribution in [0.15, 0.2) is 0 Å². The summed E-state index contributed by atoms with van der Waals surface area (Å²) < 4.78 is 0. The molecule has 58 valence electrons. The van der Waals surface area contributed by atoms with Gasteiger partial charge in [-0.25, -0.2) is 0 Å². The van der Waals surface area contributed by atoms with Crippen molar-refractivity contribution >= 4 is 12.8 Å². The molecule has 0 rings (SSSR count). The molecule has 0 radical (unpaired) electrons. The molecule has 0 bridgehead atoms. The highest BCUT2D eigenvalue weighted by Gasteiger charge is 2.18. The van der Waals surface area contributed by atoms with E-state index in [9.17, 15) is 9.59 Å². The average Bonchev–Trinajstić information content (AvgIpc) is 1.89. The first-order valence-electron chi connectivity index (χ1n) is 3.11. The molecule has 0 saturated heterocycles. The number of carbonyl (C=O) groups is 2. The molecule has 2 N–H and O–H groups in total. The van der Waals surface area contributed by atoms with Gasteiger partial charge in [0.15, 0.2) is 0 Å². The van der Waals surface area contributed by atoms with E-state index in [1.54, 1.807) is 6.92 Å². The minimum Gasteiger partial charge on any atom is -0.336 e. The van der Waals surface area contributed by atoms with E-state index in [0.29, 0.717) is 19.2 Å². The summed E-state index contributed by atoms with van der Waals surface area (Å²) in [6, 6.07) is 0. The second-order valence-corrected chi connectivity index (χ2v) is 2.21. The topological polar surface area (TPSA) is 58.2 Å². The Kier molecular flexibility index (Phi) is 3.46. The van der Waals surface area contributed by atoms with E-state index in [4.69, 9.17) is 0 Å². The first-order chi connectivity index (χ1) is 4.68. The molecule has 0 atom stereocenters. The minimum atomic E-state index is -0.594. The van der Waals surface area contributed by atoms with E-state index < -0.39 is 5.66 Å². The lowest BCUT2D eigenvalue weighted by molar-refractivity contribution is -0.114. The molecular formula is C6H12N2O2. The monoisotopic (exact) mass is 144 g/mol. The number of hydrogen-bond acceptors (Lipinski definition) is 2. The molecule has 0 aliphatic carbocycles. The molecule has 2 amide bonds. The Morgan fingerprint density at radius 2 is 1.70 bits per heavy atom. The van der Waals surface area contributed by atoms with Gasteiger partial charge in [0, 0.05) is 0 Å². The third kappa shape index (κ3) is 2.48. The smallest absolute Gasteiger partial charge is 0.208 e. The molecule has 0 fully saturated rings. The predicted molar refractivity (Wildman–Crippen MR) is 37.1 cm³/mol. The van der Waals surface area contributed by atoms with Crippen molar-refractivity contribution in [1.82, 2.24) is 10.6 Å². The van der Waals surface area contributed by atoms with Gasteiger partial charge in [-0.1, -0.05) is 6.92 Å². The van der Waals surface area contributed by atoms with Crippen molar-refractivity contribution in [2.24, 2.45) is 0 Å². The van der Waals surface area contributed by atoms with Gasteiger partial charge in [0.2, 0.25) is 12.8 Å². The summed E-state index contributed by atoms with van der Waals surface area (Å²) in [7, 11) is 0. The molecule has 0 heterocycles. The van der Waals surface area contributed by atoms with Crippen molar-refractivity contribution < 1.29 is 9.59 Å². The standard InChI is InChI=1S/C6H12N2O2/c1-3-6(2,7-4-9)8-5-10/h4-5H,3H2,1-2H3,(H,7,9)(H,8,10). The normalized spacial score (nSPS) is 10.2. The second-order valence-electron chi connectivity index (χ2n) is 2.21. The van der Waals surface area contributed by atoms with Crippen LogP contribution >= 0.6 is 0 Å². The van der Waals surface area contributed by atoms with E-state index in [1.807, 2.05) is 6.92 Å². The lowest BCUT2D eigenvalue weighted by Crippen LogP contribution is -2.52. The van der Waals surface area contributed by atoms with Crippen LogP contribution < -0.4 is 10.6 Å². The Bertz CT molecular complexity index is 115. The zero-order chi connectivity index (χ0) is 8.04. The Hall–Kier alpha value is -1.06. The van der Waals surface area contributed by atoms with Crippen LogP contribution in [0.1, 0.15) is 20.3 Å². The van der Waals surface area contributed by atoms with E-state index in [1.165, 1.54) is 0 Å². The van der Waals surface area contributed by atoms with E-state index >= 15 is 0 Å². The van der Waals surface area contributed by atoms with Crippen molar-refractivity contribution in [3.8, 4) is 0 Å². The van der Waals surface area contributed by atoms with Gasteiger partial charge in [-0.3, -0.25) is 9.59 Å². The van der Waals surface area contributed by atoms with Crippen molar-refractivity contribution in [1.29, 1.82) is 0 Å². The fourth-order valence-corrected chi connectivity index (χ4v) is 0.506. The van der Waals surface area contributed by atoms with Gasteiger partial charge in [0.1, 0.15) is 5.66 Å². The van der Waals surface area contributed by atoms with Crippen LogP contribution in [0, 0.1) is 0 Å². The number of nitrogens with one attached hydrogen (secondary N) is 2. The van der Waals surface area contributed by atoms with Crippen molar-refractivity contribution in [2.75, 3.05) is 0 Å². The molecule has 0 aliphatic heterocycles. The molecular weight excluding hydrogens is 132 g/mol. The highest BCUT2D eigenvalue weighted by molar-refractivity contribution is 5.52. The van der Waals surface area contributed by atoms with Crippen LogP contribution in [-0.2, 0) is 9.59 Å². The largest absolute Gasteiger partial charge is 0.336 e. The van der Waals surface area contributed by atoms with Crippen molar-refractivity contribution in [2.45, 2.75) is 25.9 Å². The van der Waals surface area contributed by atoms with Crippen LogP contribution in [0.2, 0.25) is 0 Å². The van der Waals surface area contributed by atoms with Crippen LogP contribution in [0.25, 0.3) is 0 Å². The third-order valence-corrected chi connectivity index (χ3v) is 1.46. The highest BCUT2D eigenvalue weighted by Crippen LogP contribution is 2.00. The fraction of sp³-hybridized carbons (Fsp3) is 0.667. The minimum absolute atomic E-state index is 0.569. The number of rotatable bonds is 5. The molecule has 0 saturated carbocycles. The maximum absolute atomic E-state index is 9.99. The highest BCUT2D eigenvalue weighted by atomic mass is 16.1. The lowest BCUT2D eigenvalue weighted by Gasteiger charge is -2.26. The van der Waals surface area contributed by atoms with E-state index in [2.05, 4.69) is 10.6 Å². The Morgan fingerprint density at radius 1 is 1.30 bits per heavy atom. The molecule has 0 aromatic rings. The van der Waals surface area contributed by atoms with Crippen molar-refractivity contribution in [3.63, 3.8) is 0 Å². The maximum Gasteiger partial charge on any atom is 0.208 e. The summed E-state index contributed by atoms with van der Waals surface area (Å²) in [5, 5.41) is 4.97.